The number of nitrogens with one attached hydrogen (secondary N) is 1. The topological polar surface area (TPSA) is 47.0 Å². The predicted octanol–water partition coefficient (Wildman–Crippen LogP) is 3.71. The van der Waals surface area contributed by atoms with Crippen molar-refractivity contribution in [3.05, 3.63) is 17.8 Å². The second kappa shape index (κ2) is 9.70. The van der Waals surface area contributed by atoms with Gasteiger partial charge >= 0.3 is 0 Å². The minimum atomic E-state index is 0.209. The first kappa shape index (κ1) is 16.9. The Kier molecular flexibility index (Phi) is 8.19. The van der Waals surface area contributed by atoms with Gasteiger partial charge in [-0.2, -0.15) is 5.10 Å². The molecule has 0 aliphatic carbocycles. The molecule has 20 heavy (non-hydrogen) atoms. The Hall–Kier alpha value is -1.16. The first-order valence-electron chi connectivity index (χ1n) is 7.84. The van der Waals surface area contributed by atoms with Crippen molar-refractivity contribution in [2.24, 2.45) is 0 Å². The lowest BCUT2D eigenvalue weighted by Gasteiger charge is -2.13. The van der Waals surface area contributed by atoms with E-state index in [0.717, 1.165) is 18.7 Å². The van der Waals surface area contributed by atoms with Crippen molar-refractivity contribution in [2.45, 2.75) is 78.5 Å². The molecule has 0 radical (unpaired) electrons. The van der Waals surface area contributed by atoms with E-state index in [2.05, 4.69) is 43.2 Å². The molecule has 1 N–H and O–H groups in total. The van der Waals surface area contributed by atoms with Gasteiger partial charge in [0.25, 0.3) is 0 Å². The Bertz CT molecular complexity index is 351. The Morgan fingerprint density at radius 2 is 1.90 bits per heavy atom. The van der Waals surface area contributed by atoms with E-state index in [1.807, 2.05) is 12.1 Å². The van der Waals surface area contributed by atoms with Crippen LogP contribution in [0.4, 0.5) is 0 Å². The average molecular weight is 279 g/mol. The summed E-state index contributed by atoms with van der Waals surface area (Å²) in [6.07, 6.45) is 6.38. The van der Waals surface area contributed by atoms with Crippen molar-refractivity contribution in [3.63, 3.8) is 0 Å². The molecule has 4 heteroatoms. The lowest BCUT2D eigenvalue weighted by molar-refractivity contribution is 0.196. The van der Waals surface area contributed by atoms with Crippen molar-refractivity contribution in [1.82, 2.24) is 15.5 Å². The molecule has 0 saturated carbocycles. The van der Waals surface area contributed by atoms with E-state index in [0.29, 0.717) is 11.9 Å². The second-order valence-electron chi connectivity index (χ2n) is 5.68. The molecule has 0 amide bonds. The summed E-state index contributed by atoms with van der Waals surface area (Å²) in [6.45, 7) is 9.31. The third-order valence-electron chi connectivity index (χ3n) is 3.17. The number of hydrogen-bond acceptors (Lipinski definition) is 4. The van der Waals surface area contributed by atoms with Gasteiger partial charge in [-0.05, 0) is 25.8 Å². The summed E-state index contributed by atoms with van der Waals surface area (Å²) in [5, 5.41) is 11.6. The summed E-state index contributed by atoms with van der Waals surface area (Å²) in [6, 6.07) is 4.34. The molecule has 0 fully saturated rings. The monoisotopic (exact) mass is 279 g/mol. The van der Waals surface area contributed by atoms with Gasteiger partial charge < -0.3 is 10.1 Å². The highest BCUT2D eigenvalue weighted by atomic mass is 16.5. The van der Waals surface area contributed by atoms with E-state index in [1.54, 1.807) is 0 Å². The SMILES string of the molecule is CCCCCCC(C)Oc1ccc(CNC(C)C)nn1. The van der Waals surface area contributed by atoms with Gasteiger partial charge in [-0.15, -0.1) is 5.10 Å². The van der Waals surface area contributed by atoms with Crippen LogP contribution in [0.1, 0.15) is 65.5 Å². The van der Waals surface area contributed by atoms with E-state index in [4.69, 9.17) is 4.74 Å². The molecule has 1 aromatic heterocycles. The van der Waals surface area contributed by atoms with Gasteiger partial charge in [-0.25, -0.2) is 0 Å². The molecule has 1 unspecified atom stereocenters. The van der Waals surface area contributed by atoms with Crippen LogP contribution >= 0.6 is 0 Å². The molecule has 1 rings (SSSR count). The molecular formula is C16H29N3O. The number of nitrogens with zero attached hydrogens (tertiary/aromatic N) is 2. The highest BCUT2D eigenvalue weighted by Gasteiger charge is 2.06. The van der Waals surface area contributed by atoms with Gasteiger partial charge in [0.05, 0.1) is 11.8 Å². The second-order valence-corrected chi connectivity index (χ2v) is 5.68. The number of unbranched alkanes of at least 4 members (excludes halogenated alkanes) is 3. The first-order chi connectivity index (χ1) is 9.61. The molecule has 0 bridgehead atoms. The lowest BCUT2D eigenvalue weighted by atomic mass is 10.1. The lowest BCUT2D eigenvalue weighted by Crippen LogP contribution is -2.22. The molecule has 0 aliphatic heterocycles. The Morgan fingerprint density at radius 1 is 1.10 bits per heavy atom. The van der Waals surface area contributed by atoms with Crippen LogP contribution in [-0.2, 0) is 6.54 Å². The summed E-state index contributed by atoms with van der Waals surface area (Å²) >= 11 is 0. The number of rotatable bonds is 10. The van der Waals surface area contributed by atoms with Gasteiger partial charge in [0.15, 0.2) is 0 Å². The van der Waals surface area contributed by atoms with Gasteiger partial charge in [-0.3, -0.25) is 0 Å². The van der Waals surface area contributed by atoms with Crippen molar-refractivity contribution in [3.8, 4) is 5.88 Å². The molecule has 0 aromatic carbocycles. The molecule has 1 aromatic rings. The largest absolute Gasteiger partial charge is 0.474 e. The Morgan fingerprint density at radius 3 is 2.50 bits per heavy atom. The van der Waals surface area contributed by atoms with E-state index in [9.17, 15) is 0 Å². The molecule has 1 heterocycles. The molecular weight excluding hydrogens is 250 g/mol. The summed E-state index contributed by atoms with van der Waals surface area (Å²) < 4.78 is 5.78. The zero-order valence-corrected chi connectivity index (χ0v) is 13.4. The predicted molar refractivity (Wildman–Crippen MR) is 82.9 cm³/mol. The summed E-state index contributed by atoms with van der Waals surface area (Å²) in [5.74, 6) is 0.626. The molecule has 0 aliphatic rings. The zero-order chi connectivity index (χ0) is 14.8. The molecule has 1 atom stereocenters. The van der Waals surface area contributed by atoms with Crippen LogP contribution in [0, 0.1) is 0 Å². The fourth-order valence-corrected chi connectivity index (χ4v) is 1.94. The molecule has 4 nitrogen and oxygen atoms in total. The van der Waals surface area contributed by atoms with Gasteiger partial charge in [-0.1, -0.05) is 40.0 Å². The summed E-state index contributed by atoms with van der Waals surface area (Å²) in [4.78, 5) is 0. The van der Waals surface area contributed by atoms with Crippen molar-refractivity contribution in [1.29, 1.82) is 0 Å². The van der Waals surface area contributed by atoms with Crippen LogP contribution in [0.15, 0.2) is 12.1 Å². The molecule has 114 valence electrons. The van der Waals surface area contributed by atoms with Crippen LogP contribution in [0.3, 0.4) is 0 Å². The Balaban J connectivity index is 2.29. The van der Waals surface area contributed by atoms with Gasteiger partial charge in [0, 0.05) is 18.7 Å². The minimum absolute atomic E-state index is 0.209. The fourth-order valence-electron chi connectivity index (χ4n) is 1.94. The molecule has 0 saturated heterocycles. The van der Waals surface area contributed by atoms with Crippen LogP contribution < -0.4 is 10.1 Å². The first-order valence-corrected chi connectivity index (χ1v) is 7.84. The van der Waals surface area contributed by atoms with E-state index in [-0.39, 0.29) is 6.10 Å². The maximum Gasteiger partial charge on any atom is 0.233 e. The quantitative estimate of drug-likeness (QED) is 0.663. The molecule has 0 spiro atoms. The average Bonchev–Trinajstić information content (AvgIpc) is 2.43. The normalized spacial score (nSPS) is 12.7. The third-order valence-corrected chi connectivity index (χ3v) is 3.17. The van der Waals surface area contributed by atoms with Crippen molar-refractivity contribution in [2.75, 3.05) is 0 Å². The van der Waals surface area contributed by atoms with E-state index < -0.39 is 0 Å². The maximum atomic E-state index is 5.78. The number of ether oxygens (including phenoxy) is 1. The number of hydrogen-bond donors (Lipinski definition) is 1. The third kappa shape index (κ3) is 7.43. The van der Waals surface area contributed by atoms with Crippen LogP contribution in [0.5, 0.6) is 5.88 Å². The number of aromatic nitrogens is 2. The fraction of sp³-hybridized carbons (Fsp3) is 0.750. The van der Waals surface area contributed by atoms with Gasteiger partial charge in [0.1, 0.15) is 0 Å². The van der Waals surface area contributed by atoms with Crippen LogP contribution in [0.2, 0.25) is 0 Å². The standard InChI is InChI=1S/C16H29N3O/c1-5-6-7-8-9-14(4)20-16-11-10-15(18-19-16)12-17-13(2)3/h10-11,13-14,17H,5-9,12H2,1-4H3. The van der Waals surface area contributed by atoms with E-state index in [1.165, 1.54) is 25.7 Å². The summed E-state index contributed by atoms with van der Waals surface area (Å²) in [5.41, 5.74) is 0.946. The smallest absolute Gasteiger partial charge is 0.233 e. The van der Waals surface area contributed by atoms with Crippen LogP contribution in [0.25, 0.3) is 0 Å². The van der Waals surface area contributed by atoms with Gasteiger partial charge in [0.2, 0.25) is 5.88 Å². The highest BCUT2D eigenvalue weighted by Crippen LogP contribution is 2.12. The van der Waals surface area contributed by atoms with Crippen molar-refractivity contribution < 1.29 is 4.74 Å². The summed E-state index contributed by atoms with van der Waals surface area (Å²) in [7, 11) is 0. The van der Waals surface area contributed by atoms with E-state index >= 15 is 0 Å². The highest BCUT2D eigenvalue weighted by molar-refractivity contribution is 5.11. The van der Waals surface area contributed by atoms with Crippen molar-refractivity contribution >= 4 is 0 Å². The Labute approximate surface area is 123 Å². The maximum absolute atomic E-state index is 5.78. The minimum Gasteiger partial charge on any atom is -0.474 e. The van der Waals surface area contributed by atoms with Crippen LogP contribution in [-0.4, -0.2) is 22.3 Å². The zero-order valence-electron chi connectivity index (χ0n) is 13.4.